The number of carbonyl (C=O) groups excluding carboxylic acids is 1. The van der Waals surface area contributed by atoms with Crippen molar-refractivity contribution >= 4 is 5.97 Å². The Morgan fingerprint density at radius 1 is 1.00 bits per heavy atom. The molecule has 0 unspecified atom stereocenters. The molecule has 0 saturated heterocycles. The summed E-state index contributed by atoms with van der Waals surface area (Å²) in [5.41, 5.74) is 0.883. The fraction of sp³-hybridized carbons (Fsp3) is 0.611. The van der Waals surface area contributed by atoms with Crippen LogP contribution in [0.5, 0.6) is 11.5 Å². The standard InChI is InChI=1S/C18H26O4/c1-20-16-11-10-14(12-17(16)21-2)13-18(19)22-15-8-6-4-3-5-7-9-15/h10-12,15H,3-9,13H2,1-2H3. The van der Waals surface area contributed by atoms with E-state index in [-0.39, 0.29) is 18.5 Å². The highest BCUT2D eigenvalue weighted by atomic mass is 16.5. The summed E-state index contributed by atoms with van der Waals surface area (Å²) in [6, 6.07) is 5.52. The lowest BCUT2D eigenvalue weighted by Crippen LogP contribution is -2.20. The number of hydrogen-bond acceptors (Lipinski definition) is 4. The Labute approximate surface area is 132 Å². The van der Waals surface area contributed by atoms with Gasteiger partial charge in [-0.25, -0.2) is 0 Å². The third-order valence-electron chi connectivity index (χ3n) is 4.15. The van der Waals surface area contributed by atoms with Crippen LogP contribution >= 0.6 is 0 Å². The van der Waals surface area contributed by atoms with Gasteiger partial charge in [0, 0.05) is 0 Å². The molecule has 0 heterocycles. The van der Waals surface area contributed by atoms with Gasteiger partial charge >= 0.3 is 5.97 Å². The molecule has 1 aromatic rings. The number of esters is 1. The fourth-order valence-corrected chi connectivity index (χ4v) is 2.92. The highest BCUT2D eigenvalue weighted by Crippen LogP contribution is 2.28. The maximum atomic E-state index is 12.1. The van der Waals surface area contributed by atoms with Crippen molar-refractivity contribution in [1.29, 1.82) is 0 Å². The van der Waals surface area contributed by atoms with Crippen LogP contribution < -0.4 is 9.47 Å². The van der Waals surface area contributed by atoms with Gasteiger partial charge in [-0.05, 0) is 43.4 Å². The van der Waals surface area contributed by atoms with Crippen molar-refractivity contribution in [3.8, 4) is 11.5 Å². The number of hydrogen-bond donors (Lipinski definition) is 0. The lowest BCUT2D eigenvalue weighted by Gasteiger charge is -2.20. The molecule has 1 aromatic carbocycles. The maximum absolute atomic E-state index is 12.1. The molecule has 0 N–H and O–H groups in total. The van der Waals surface area contributed by atoms with E-state index in [2.05, 4.69) is 0 Å². The van der Waals surface area contributed by atoms with E-state index in [0.717, 1.165) is 31.2 Å². The number of rotatable bonds is 5. The summed E-state index contributed by atoms with van der Waals surface area (Å²) in [6.45, 7) is 0. The van der Waals surface area contributed by atoms with Crippen LogP contribution in [-0.4, -0.2) is 26.3 Å². The molecule has 4 heteroatoms. The molecule has 4 nitrogen and oxygen atoms in total. The molecule has 0 bridgehead atoms. The molecule has 1 saturated carbocycles. The topological polar surface area (TPSA) is 44.8 Å². The predicted octanol–water partition coefficient (Wildman–Crippen LogP) is 3.90. The van der Waals surface area contributed by atoms with E-state index in [1.54, 1.807) is 14.2 Å². The van der Waals surface area contributed by atoms with Crippen molar-refractivity contribution in [2.75, 3.05) is 14.2 Å². The first-order chi connectivity index (χ1) is 10.7. The highest BCUT2D eigenvalue weighted by molar-refractivity contribution is 5.73. The first-order valence-electron chi connectivity index (χ1n) is 8.13. The lowest BCUT2D eigenvalue weighted by molar-refractivity contribution is -0.149. The van der Waals surface area contributed by atoms with Crippen molar-refractivity contribution in [2.24, 2.45) is 0 Å². The summed E-state index contributed by atoms with van der Waals surface area (Å²) >= 11 is 0. The summed E-state index contributed by atoms with van der Waals surface area (Å²) in [5.74, 6) is 1.15. The van der Waals surface area contributed by atoms with Crippen LogP contribution in [0.4, 0.5) is 0 Å². The van der Waals surface area contributed by atoms with Crippen LogP contribution in [-0.2, 0) is 16.0 Å². The summed E-state index contributed by atoms with van der Waals surface area (Å²) in [4.78, 5) is 12.1. The fourth-order valence-electron chi connectivity index (χ4n) is 2.92. The van der Waals surface area contributed by atoms with Crippen LogP contribution in [0.3, 0.4) is 0 Å². The zero-order valence-corrected chi connectivity index (χ0v) is 13.6. The normalized spacial score (nSPS) is 16.5. The molecule has 0 spiro atoms. The summed E-state index contributed by atoms with van der Waals surface area (Å²) in [5, 5.41) is 0. The van der Waals surface area contributed by atoms with E-state index in [1.807, 2.05) is 18.2 Å². The van der Waals surface area contributed by atoms with Gasteiger partial charge in [0.2, 0.25) is 0 Å². The Hall–Kier alpha value is -1.71. The van der Waals surface area contributed by atoms with Crippen molar-refractivity contribution in [1.82, 2.24) is 0 Å². The Kier molecular flexibility index (Phi) is 6.56. The third-order valence-corrected chi connectivity index (χ3v) is 4.15. The average Bonchev–Trinajstić information content (AvgIpc) is 2.49. The van der Waals surface area contributed by atoms with E-state index in [0.29, 0.717) is 11.5 Å². The van der Waals surface area contributed by atoms with Crippen molar-refractivity contribution < 1.29 is 19.0 Å². The van der Waals surface area contributed by atoms with Gasteiger partial charge in [-0.3, -0.25) is 4.79 Å². The summed E-state index contributed by atoms with van der Waals surface area (Å²) < 4.78 is 16.1. The molecule has 0 atom stereocenters. The monoisotopic (exact) mass is 306 g/mol. The molecular weight excluding hydrogens is 280 g/mol. The van der Waals surface area contributed by atoms with Crippen LogP contribution in [0.1, 0.15) is 50.5 Å². The molecule has 1 aliphatic carbocycles. The van der Waals surface area contributed by atoms with Crippen molar-refractivity contribution in [3.63, 3.8) is 0 Å². The Bertz CT molecular complexity index is 476. The Balaban J connectivity index is 1.90. The van der Waals surface area contributed by atoms with Gasteiger partial charge in [-0.1, -0.05) is 25.3 Å². The first-order valence-corrected chi connectivity index (χ1v) is 8.13. The molecule has 0 aromatic heterocycles. The highest BCUT2D eigenvalue weighted by Gasteiger charge is 2.17. The Morgan fingerprint density at radius 3 is 2.27 bits per heavy atom. The number of ether oxygens (including phenoxy) is 3. The van der Waals surface area contributed by atoms with Gasteiger partial charge in [0.1, 0.15) is 6.10 Å². The van der Waals surface area contributed by atoms with Gasteiger partial charge in [0.15, 0.2) is 11.5 Å². The minimum atomic E-state index is -0.155. The van der Waals surface area contributed by atoms with Crippen LogP contribution in [0.15, 0.2) is 18.2 Å². The van der Waals surface area contributed by atoms with Gasteiger partial charge in [-0.2, -0.15) is 0 Å². The zero-order chi connectivity index (χ0) is 15.8. The van der Waals surface area contributed by atoms with Crippen LogP contribution in [0, 0.1) is 0 Å². The molecule has 0 aliphatic heterocycles. The average molecular weight is 306 g/mol. The largest absolute Gasteiger partial charge is 0.493 e. The van der Waals surface area contributed by atoms with Crippen LogP contribution in [0.25, 0.3) is 0 Å². The van der Waals surface area contributed by atoms with Gasteiger partial charge < -0.3 is 14.2 Å². The van der Waals surface area contributed by atoms with E-state index in [9.17, 15) is 4.79 Å². The quantitative estimate of drug-likeness (QED) is 0.774. The van der Waals surface area contributed by atoms with Crippen molar-refractivity contribution in [2.45, 2.75) is 57.5 Å². The van der Waals surface area contributed by atoms with E-state index in [4.69, 9.17) is 14.2 Å². The summed E-state index contributed by atoms with van der Waals surface area (Å²) in [6.07, 6.45) is 8.50. The second-order valence-corrected chi connectivity index (χ2v) is 5.82. The molecule has 22 heavy (non-hydrogen) atoms. The molecule has 1 aliphatic rings. The van der Waals surface area contributed by atoms with Crippen molar-refractivity contribution in [3.05, 3.63) is 23.8 Å². The molecular formula is C18H26O4. The second kappa shape index (κ2) is 8.66. The van der Waals surface area contributed by atoms with Gasteiger partial charge in [0.25, 0.3) is 0 Å². The first kappa shape index (κ1) is 16.7. The van der Waals surface area contributed by atoms with Gasteiger partial charge in [0.05, 0.1) is 20.6 Å². The predicted molar refractivity (Wildman–Crippen MR) is 85.4 cm³/mol. The van der Waals surface area contributed by atoms with Gasteiger partial charge in [-0.15, -0.1) is 0 Å². The number of carbonyl (C=O) groups is 1. The van der Waals surface area contributed by atoms with E-state index >= 15 is 0 Å². The molecule has 0 amide bonds. The minimum Gasteiger partial charge on any atom is -0.493 e. The molecule has 0 radical (unpaired) electrons. The Morgan fingerprint density at radius 2 is 1.64 bits per heavy atom. The molecule has 1 fully saturated rings. The van der Waals surface area contributed by atoms with E-state index in [1.165, 1.54) is 19.3 Å². The third kappa shape index (κ3) is 4.93. The SMILES string of the molecule is COc1ccc(CC(=O)OC2CCCCCCC2)cc1OC. The molecule has 2 rings (SSSR count). The van der Waals surface area contributed by atoms with E-state index < -0.39 is 0 Å². The number of methoxy groups -OCH3 is 2. The smallest absolute Gasteiger partial charge is 0.310 e. The maximum Gasteiger partial charge on any atom is 0.310 e. The molecule has 122 valence electrons. The lowest BCUT2D eigenvalue weighted by atomic mass is 9.98. The van der Waals surface area contributed by atoms with Crippen LogP contribution in [0.2, 0.25) is 0 Å². The second-order valence-electron chi connectivity index (χ2n) is 5.82. The number of benzene rings is 1. The minimum absolute atomic E-state index is 0.0907. The summed E-state index contributed by atoms with van der Waals surface area (Å²) in [7, 11) is 3.19. The zero-order valence-electron chi connectivity index (χ0n) is 13.6.